The fraction of sp³-hybridized carbons (Fsp3) is 0.143. The summed E-state index contributed by atoms with van der Waals surface area (Å²) in [6.07, 6.45) is 3.67. The Balaban J connectivity index is 2.80. The van der Waals surface area contributed by atoms with Crippen molar-refractivity contribution in [3.63, 3.8) is 0 Å². The molecule has 2 radical (unpaired) electrons. The third kappa shape index (κ3) is 0.993. The Labute approximate surface area is 75.8 Å². The van der Waals surface area contributed by atoms with Crippen LogP contribution in [0.2, 0.25) is 5.15 Å². The van der Waals surface area contributed by atoms with Crippen LogP contribution >= 0.6 is 11.6 Å². The molecule has 0 aromatic carbocycles. The van der Waals surface area contributed by atoms with E-state index >= 15 is 0 Å². The van der Waals surface area contributed by atoms with E-state index in [-0.39, 0.29) is 0 Å². The molecule has 0 amide bonds. The molecule has 0 aliphatic carbocycles. The first-order valence-corrected chi connectivity index (χ1v) is 3.86. The van der Waals surface area contributed by atoms with Crippen LogP contribution in [0, 0.1) is 0 Å². The molecule has 0 fully saturated rings. The third-order valence-electron chi connectivity index (χ3n) is 1.70. The molecule has 0 aliphatic rings. The van der Waals surface area contributed by atoms with E-state index in [0.29, 0.717) is 11.6 Å². The van der Waals surface area contributed by atoms with Crippen LogP contribution in [-0.4, -0.2) is 22.4 Å². The van der Waals surface area contributed by atoms with Crippen molar-refractivity contribution in [1.29, 1.82) is 0 Å². The number of halogens is 1. The van der Waals surface area contributed by atoms with Gasteiger partial charge in [0.05, 0.1) is 13.2 Å². The molecule has 2 heterocycles. The fourth-order valence-corrected chi connectivity index (χ4v) is 1.31. The van der Waals surface area contributed by atoms with Gasteiger partial charge >= 0.3 is 0 Å². The minimum atomic E-state index is 0.400. The van der Waals surface area contributed by atoms with E-state index in [0.717, 1.165) is 11.0 Å². The maximum Gasteiger partial charge on any atom is 0.144 e. The van der Waals surface area contributed by atoms with Crippen LogP contribution in [0.15, 0.2) is 18.6 Å². The average Bonchev–Trinajstić information content (AvgIpc) is 2.49. The first-order chi connectivity index (χ1) is 5.83. The number of hydrogen-bond acceptors (Lipinski definition) is 2. The van der Waals surface area contributed by atoms with Gasteiger partial charge in [0.1, 0.15) is 17.1 Å². The number of rotatable bonds is 1. The van der Waals surface area contributed by atoms with Crippen molar-refractivity contribution in [2.24, 2.45) is 0 Å². The molecule has 5 heteroatoms. The van der Waals surface area contributed by atoms with Gasteiger partial charge in [-0.15, -0.1) is 0 Å². The molecular weight excluding hydrogens is 172 g/mol. The zero-order valence-electron chi connectivity index (χ0n) is 6.24. The minimum absolute atomic E-state index is 0.400. The second-order valence-corrected chi connectivity index (χ2v) is 2.73. The second kappa shape index (κ2) is 2.79. The molecule has 0 saturated carbocycles. The van der Waals surface area contributed by atoms with Crippen molar-refractivity contribution in [3.05, 3.63) is 23.7 Å². The largest absolute Gasteiger partial charge is 0.341 e. The summed E-state index contributed by atoms with van der Waals surface area (Å²) in [5.41, 5.74) is 0.775. The summed E-state index contributed by atoms with van der Waals surface area (Å²) < 4.78 is 1.81. The molecule has 0 bridgehead atoms. The van der Waals surface area contributed by atoms with Gasteiger partial charge in [0.2, 0.25) is 0 Å². The van der Waals surface area contributed by atoms with E-state index in [1.165, 1.54) is 6.33 Å². The molecule has 0 aliphatic heterocycles. The maximum absolute atomic E-state index is 5.82. The Bertz CT molecular complexity index is 412. The molecule has 2 aromatic heterocycles. The standard InChI is InChI=1S/C7H5BClN3/c8-3-12-2-1-5-6(9)10-4-11-7(5)12/h1-2,4H,3H2. The van der Waals surface area contributed by atoms with Crippen molar-refractivity contribution in [2.75, 3.05) is 0 Å². The molecule has 2 rings (SSSR count). The highest BCUT2D eigenvalue weighted by Gasteiger charge is 2.03. The summed E-state index contributed by atoms with van der Waals surface area (Å²) in [4.78, 5) is 7.92. The zero-order chi connectivity index (χ0) is 8.55. The number of nitrogens with zero attached hydrogens (tertiary/aromatic N) is 3. The van der Waals surface area contributed by atoms with Crippen LogP contribution < -0.4 is 0 Å². The predicted molar refractivity (Wildman–Crippen MR) is 48.3 cm³/mol. The van der Waals surface area contributed by atoms with E-state index in [1.807, 2.05) is 16.8 Å². The second-order valence-electron chi connectivity index (χ2n) is 2.37. The normalized spacial score (nSPS) is 10.8. The SMILES string of the molecule is [B]Cn1ccc2c(Cl)ncnc21. The molecule has 12 heavy (non-hydrogen) atoms. The Hall–Kier alpha value is -1.03. The highest BCUT2D eigenvalue weighted by molar-refractivity contribution is 6.33. The van der Waals surface area contributed by atoms with Crippen LogP contribution in [0.3, 0.4) is 0 Å². The summed E-state index contributed by atoms with van der Waals surface area (Å²) in [6, 6.07) is 1.85. The maximum atomic E-state index is 5.82. The van der Waals surface area contributed by atoms with Gasteiger partial charge in [0.25, 0.3) is 0 Å². The highest BCUT2D eigenvalue weighted by Crippen LogP contribution is 2.19. The lowest BCUT2D eigenvalue weighted by Gasteiger charge is -1.98. The molecule has 58 valence electrons. The van der Waals surface area contributed by atoms with E-state index in [9.17, 15) is 0 Å². The Morgan fingerprint density at radius 2 is 2.33 bits per heavy atom. The summed E-state index contributed by atoms with van der Waals surface area (Å²) >= 11 is 5.82. The molecule has 3 nitrogen and oxygen atoms in total. The van der Waals surface area contributed by atoms with Gasteiger partial charge in [-0.3, -0.25) is 0 Å². The smallest absolute Gasteiger partial charge is 0.144 e. The Morgan fingerprint density at radius 1 is 1.50 bits per heavy atom. The van der Waals surface area contributed by atoms with Gasteiger partial charge in [-0.25, -0.2) is 9.97 Å². The first-order valence-electron chi connectivity index (χ1n) is 3.48. The third-order valence-corrected chi connectivity index (χ3v) is 2.01. The van der Waals surface area contributed by atoms with Crippen LogP contribution in [0.1, 0.15) is 0 Å². The van der Waals surface area contributed by atoms with Crippen LogP contribution in [0.5, 0.6) is 0 Å². The summed E-state index contributed by atoms with van der Waals surface area (Å²) in [6.45, 7) is 0. The summed E-state index contributed by atoms with van der Waals surface area (Å²) in [5, 5.41) is 1.30. The quantitative estimate of drug-likeness (QED) is 0.484. The van der Waals surface area contributed by atoms with Gasteiger partial charge in [-0.1, -0.05) is 11.6 Å². The average molecular weight is 177 g/mol. The van der Waals surface area contributed by atoms with Crippen molar-refractivity contribution < 1.29 is 0 Å². The molecule has 0 saturated heterocycles. The van der Waals surface area contributed by atoms with Crippen molar-refractivity contribution in [3.8, 4) is 0 Å². The summed E-state index contributed by atoms with van der Waals surface area (Å²) in [7, 11) is 5.47. The lowest BCUT2D eigenvalue weighted by atomic mass is 10.2. The van der Waals surface area contributed by atoms with Gasteiger partial charge in [0, 0.05) is 6.20 Å². The van der Waals surface area contributed by atoms with E-state index in [4.69, 9.17) is 19.4 Å². The van der Waals surface area contributed by atoms with E-state index in [2.05, 4.69) is 9.97 Å². The molecule has 0 N–H and O–H groups in total. The lowest BCUT2D eigenvalue weighted by Crippen LogP contribution is -1.96. The topological polar surface area (TPSA) is 30.7 Å². The lowest BCUT2D eigenvalue weighted by molar-refractivity contribution is 0.910. The van der Waals surface area contributed by atoms with Crippen LogP contribution in [0.4, 0.5) is 0 Å². The first kappa shape index (κ1) is 7.62. The zero-order valence-corrected chi connectivity index (χ0v) is 6.99. The van der Waals surface area contributed by atoms with Crippen molar-refractivity contribution in [2.45, 2.75) is 6.44 Å². The molecule has 0 unspecified atom stereocenters. The molecule has 0 spiro atoms. The Morgan fingerprint density at radius 3 is 3.08 bits per heavy atom. The predicted octanol–water partition coefficient (Wildman–Crippen LogP) is 1.21. The monoisotopic (exact) mass is 177 g/mol. The number of aromatic nitrogens is 3. The number of hydrogen-bond donors (Lipinski definition) is 0. The Kier molecular flexibility index (Phi) is 1.77. The van der Waals surface area contributed by atoms with Gasteiger partial charge in [0.15, 0.2) is 0 Å². The van der Waals surface area contributed by atoms with Crippen molar-refractivity contribution in [1.82, 2.24) is 14.5 Å². The molecule has 2 aromatic rings. The summed E-state index contributed by atoms with van der Waals surface area (Å²) in [5.74, 6) is 0. The highest BCUT2D eigenvalue weighted by atomic mass is 35.5. The molecular formula is C7H5BClN3. The van der Waals surface area contributed by atoms with Gasteiger partial charge < -0.3 is 4.57 Å². The fourth-order valence-electron chi connectivity index (χ4n) is 1.12. The van der Waals surface area contributed by atoms with Gasteiger partial charge in [-0.05, 0) is 12.5 Å². The van der Waals surface area contributed by atoms with Crippen LogP contribution in [-0.2, 0) is 6.44 Å². The van der Waals surface area contributed by atoms with Crippen molar-refractivity contribution >= 4 is 30.5 Å². The molecule has 0 atom stereocenters. The number of fused-ring (bicyclic) bond motifs is 1. The van der Waals surface area contributed by atoms with Crippen LogP contribution in [0.25, 0.3) is 11.0 Å². The van der Waals surface area contributed by atoms with Gasteiger partial charge in [-0.2, -0.15) is 0 Å². The van der Waals surface area contributed by atoms with E-state index < -0.39 is 0 Å². The minimum Gasteiger partial charge on any atom is -0.341 e. The van der Waals surface area contributed by atoms with E-state index in [1.54, 1.807) is 0 Å².